The van der Waals surface area contributed by atoms with Gasteiger partial charge in [-0.15, -0.1) is 0 Å². The number of nitrogens with zero attached hydrogens (tertiary/aromatic N) is 1. The predicted molar refractivity (Wildman–Crippen MR) is 115 cm³/mol. The number of benzene rings is 3. The van der Waals surface area contributed by atoms with E-state index in [0.29, 0.717) is 21.7 Å². The Morgan fingerprint density at radius 3 is 2.48 bits per heavy atom. The molecule has 4 rings (SSSR count). The van der Waals surface area contributed by atoms with Crippen molar-refractivity contribution in [2.45, 2.75) is 12.5 Å². The van der Waals surface area contributed by atoms with E-state index in [2.05, 4.69) is 10.3 Å². The zero-order valence-electron chi connectivity index (χ0n) is 15.5. The number of amides is 1. The highest BCUT2D eigenvalue weighted by atomic mass is 35.5. The molecule has 0 fully saturated rings. The van der Waals surface area contributed by atoms with Crippen molar-refractivity contribution in [2.24, 2.45) is 0 Å². The summed E-state index contributed by atoms with van der Waals surface area (Å²) in [5.41, 5.74) is 2.65. The molecule has 0 aliphatic rings. The fourth-order valence-electron chi connectivity index (χ4n) is 3.40. The maximum atomic E-state index is 12.8. The number of halogens is 1. The summed E-state index contributed by atoms with van der Waals surface area (Å²) in [5, 5.41) is 15.3. The summed E-state index contributed by atoms with van der Waals surface area (Å²) in [6, 6.07) is 23.6. The molecule has 29 heavy (non-hydrogen) atoms. The number of fused-ring (bicyclic) bond motifs is 1. The number of aromatic nitrogens is 1. The molecule has 0 unspecified atom stereocenters. The van der Waals surface area contributed by atoms with E-state index >= 15 is 0 Å². The van der Waals surface area contributed by atoms with Gasteiger partial charge >= 0.3 is 0 Å². The van der Waals surface area contributed by atoms with Crippen molar-refractivity contribution in [1.82, 2.24) is 10.3 Å². The molecule has 144 valence electrons. The highest BCUT2D eigenvalue weighted by Gasteiger charge is 2.23. The van der Waals surface area contributed by atoms with E-state index in [1.165, 1.54) is 0 Å². The quantitative estimate of drug-likeness (QED) is 0.491. The first-order valence-electron chi connectivity index (χ1n) is 9.28. The first kappa shape index (κ1) is 19.0. The molecule has 0 bridgehead atoms. The van der Waals surface area contributed by atoms with Crippen molar-refractivity contribution >= 4 is 28.4 Å². The van der Waals surface area contributed by atoms with E-state index in [-0.39, 0.29) is 18.1 Å². The number of rotatable bonds is 5. The van der Waals surface area contributed by atoms with Gasteiger partial charge < -0.3 is 10.4 Å². The molecule has 0 aliphatic heterocycles. The van der Waals surface area contributed by atoms with Gasteiger partial charge in [0.2, 0.25) is 5.91 Å². The van der Waals surface area contributed by atoms with E-state index in [9.17, 15) is 9.90 Å². The zero-order valence-corrected chi connectivity index (χ0v) is 16.3. The summed E-state index contributed by atoms with van der Waals surface area (Å²) < 4.78 is 0. The first-order chi connectivity index (χ1) is 14.1. The largest absolute Gasteiger partial charge is 0.505 e. The molecule has 0 saturated heterocycles. The van der Waals surface area contributed by atoms with E-state index in [1.807, 2.05) is 66.7 Å². The van der Waals surface area contributed by atoms with Gasteiger partial charge in [0.25, 0.3) is 0 Å². The van der Waals surface area contributed by atoms with Gasteiger partial charge in [-0.25, -0.2) is 0 Å². The Bertz CT molecular complexity index is 1160. The third-order valence-electron chi connectivity index (χ3n) is 4.82. The molecule has 0 saturated carbocycles. The number of hydrogen-bond acceptors (Lipinski definition) is 3. The van der Waals surface area contributed by atoms with E-state index in [4.69, 9.17) is 11.6 Å². The average Bonchev–Trinajstić information content (AvgIpc) is 2.74. The number of carbonyl (C=O) groups excluding carboxylic acids is 1. The smallest absolute Gasteiger partial charge is 0.225 e. The van der Waals surface area contributed by atoms with E-state index < -0.39 is 6.04 Å². The Balaban J connectivity index is 1.74. The van der Waals surface area contributed by atoms with Gasteiger partial charge in [0.1, 0.15) is 11.3 Å². The molecule has 0 aliphatic carbocycles. The minimum absolute atomic E-state index is 0.0352. The Morgan fingerprint density at radius 1 is 0.931 bits per heavy atom. The number of nitrogens with one attached hydrogen (secondary N) is 1. The average molecular weight is 403 g/mol. The van der Waals surface area contributed by atoms with Crippen molar-refractivity contribution in [2.75, 3.05) is 0 Å². The van der Waals surface area contributed by atoms with Gasteiger partial charge in [-0.3, -0.25) is 9.78 Å². The Morgan fingerprint density at radius 2 is 1.69 bits per heavy atom. The molecule has 1 heterocycles. The van der Waals surface area contributed by atoms with Crippen LogP contribution in [-0.4, -0.2) is 16.0 Å². The van der Waals surface area contributed by atoms with Gasteiger partial charge in [0.15, 0.2) is 0 Å². The van der Waals surface area contributed by atoms with Crippen LogP contribution in [0.5, 0.6) is 5.75 Å². The molecule has 4 nitrogen and oxygen atoms in total. The second kappa shape index (κ2) is 8.33. The summed E-state index contributed by atoms with van der Waals surface area (Å²) in [6.45, 7) is 0. The lowest BCUT2D eigenvalue weighted by atomic mass is 9.95. The summed E-state index contributed by atoms with van der Waals surface area (Å²) in [5.74, 6) is -0.130. The molecule has 1 atom stereocenters. The van der Waals surface area contributed by atoms with E-state index in [1.54, 1.807) is 18.3 Å². The lowest BCUT2D eigenvalue weighted by Crippen LogP contribution is -2.30. The summed E-state index contributed by atoms with van der Waals surface area (Å²) in [4.78, 5) is 17.1. The normalized spacial score (nSPS) is 11.9. The molecular formula is C24H19ClN2O2. The van der Waals surface area contributed by atoms with Crippen LogP contribution in [0, 0.1) is 0 Å². The van der Waals surface area contributed by atoms with Gasteiger partial charge in [-0.1, -0.05) is 78.3 Å². The van der Waals surface area contributed by atoms with Crippen LogP contribution < -0.4 is 5.32 Å². The van der Waals surface area contributed by atoms with Crippen LogP contribution >= 0.6 is 11.6 Å². The number of carbonyl (C=O) groups is 1. The van der Waals surface area contributed by atoms with Gasteiger partial charge in [-0.2, -0.15) is 0 Å². The van der Waals surface area contributed by atoms with Gasteiger partial charge in [0, 0.05) is 22.2 Å². The fourth-order valence-corrected chi connectivity index (χ4v) is 3.65. The molecule has 4 aromatic rings. The van der Waals surface area contributed by atoms with Crippen LogP contribution in [-0.2, 0) is 11.2 Å². The maximum Gasteiger partial charge on any atom is 0.225 e. The van der Waals surface area contributed by atoms with Crippen LogP contribution in [0.3, 0.4) is 0 Å². The molecule has 0 radical (unpaired) electrons. The van der Waals surface area contributed by atoms with Crippen molar-refractivity contribution in [3.63, 3.8) is 0 Å². The first-order valence-corrected chi connectivity index (χ1v) is 9.65. The van der Waals surface area contributed by atoms with Crippen LogP contribution in [0.2, 0.25) is 5.02 Å². The maximum absolute atomic E-state index is 12.8. The molecule has 1 aromatic heterocycles. The molecule has 0 spiro atoms. The molecule has 5 heteroatoms. The highest BCUT2D eigenvalue weighted by molar-refractivity contribution is 6.31. The van der Waals surface area contributed by atoms with Gasteiger partial charge in [0.05, 0.1) is 12.5 Å². The summed E-state index contributed by atoms with van der Waals surface area (Å²) in [7, 11) is 0. The van der Waals surface area contributed by atoms with Gasteiger partial charge in [-0.05, 0) is 23.3 Å². The second-order valence-corrected chi connectivity index (χ2v) is 7.17. The molecule has 3 aromatic carbocycles. The lowest BCUT2D eigenvalue weighted by molar-refractivity contribution is -0.120. The molecular weight excluding hydrogens is 384 g/mol. The van der Waals surface area contributed by atoms with Crippen LogP contribution in [0.1, 0.15) is 22.7 Å². The van der Waals surface area contributed by atoms with Crippen molar-refractivity contribution in [3.8, 4) is 5.75 Å². The van der Waals surface area contributed by atoms with Crippen LogP contribution in [0.4, 0.5) is 0 Å². The van der Waals surface area contributed by atoms with Crippen molar-refractivity contribution in [3.05, 3.63) is 107 Å². The van der Waals surface area contributed by atoms with Crippen molar-refractivity contribution in [1.29, 1.82) is 0 Å². The summed E-state index contributed by atoms with van der Waals surface area (Å²) >= 11 is 6.43. The topological polar surface area (TPSA) is 62.2 Å². The number of hydrogen-bond donors (Lipinski definition) is 2. The fraction of sp³-hybridized carbons (Fsp3) is 0.0833. The minimum Gasteiger partial charge on any atom is -0.505 e. The lowest BCUT2D eigenvalue weighted by Gasteiger charge is -2.22. The number of pyridine rings is 1. The number of aromatic hydroxyl groups is 1. The highest BCUT2D eigenvalue weighted by Crippen LogP contribution is 2.36. The van der Waals surface area contributed by atoms with E-state index in [0.717, 1.165) is 10.9 Å². The SMILES string of the molecule is O=C(Cc1ccccc1)N[C@H](c1ccccc1Cl)c1ccc2cccnc2c1O. The standard InChI is InChI=1S/C24H19ClN2O2/c25-20-11-5-4-10-18(20)23(27-21(28)15-16-7-2-1-3-8-16)19-13-12-17-9-6-14-26-22(17)24(19)29/h1-14,23,29H,15H2,(H,27,28)/t23-/m1/s1. The predicted octanol–water partition coefficient (Wildman–Crippen LogP) is 5.04. The third-order valence-corrected chi connectivity index (χ3v) is 5.16. The summed E-state index contributed by atoms with van der Waals surface area (Å²) in [6.07, 6.45) is 1.86. The molecule has 2 N–H and O–H groups in total. The Kier molecular flexibility index (Phi) is 5.45. The minimum atomic E-state index is -0.605. The number of phenols is 1. The zero-order chi connectivity index (χ0) is 20.2. The van der Waals surface area contributed by atoms with Crippen molar-refractivity contribution < 1.29 is 9.90 Å². The Labute approximate surface area is 173 Å². The third kappa shape index (κ3) is 4.08. The second-order valence-electron chi connectivity index (χ2n) is 6.76. The number of phenolic OH excluding ortho intramolecular Hbond substituents is 1. The monoisotopic (exact) mass is 402 g/mol. The van der Waals surface area contributed by atoms with Crippen LogP contribution in [0.25, 0.3) is 10.9 Å². The van der Waals surface area contributed by atoms with Crippen LogP contribution in [0.15, 0.2) is 85.1 Å². The Hall–Kier alpha value is -3.37. The molecule has 1 amide bonds.